The van der Waals surface area contributed by atoms with Gasteiger partial charge in [-0.05, 0) is 36.4 Å². The molecule has 0 aliphatic carbocycles. The van der Waals surface area contributed by atoms with E-state index in [1.54, 1.807) is 24.3 Å². The predicted molar refractivity (Wildman–Crippen MR) is 108 cm³/mol. The molecule has 1 N–H and O–H groups in total. The number of fused-ring (bicyclic) bond motifs is 2. The van der Waals surface area contributed by atoms with E-state index in [4.69, 9.17) is 16.3 Å². The van der Waals surface area contributed by atoms with E-state index in [9.17, 15) is 9.59 Å². The van der Waals surface area contributed by atoms with Crippen LogP contribution in [0.4, 0.5) is 0 Å². The first kappa shape index (κ1) is 17.9. The van der Waals surface area contributed by atoms with Crippen LogP contribution < -0.4 is 5.56 Å². The van der Waals surface area contributed by atoms with Gasteiger partial charge < -0.3 is 9.72 Å². The maximum atomic E-state index is 12.1. The predicted octanol–water partition coefficient (Wildman–Crippen LogP) is 3.88. The summed E-state index contributed by atoms with van der Waals surface area (Å²) in [4.78, 5) is 35.4. The number of para-hydroxylation sites is 1. The number of ether oxygens (including phenoxy) is 1. The molecule has 2 aromatic carbocycles. The number of pyridine rings is 1. The van der Waals surface area contributed by atoms with Crippen molar-refractivity contribution in [1.82, 2.24) is 15.0 Å². The summed E-state index contributed by atoms with van der Waals surface area (Å²) in [7, 11) is 0. The Morgan fingerprint density at radius 2 is 1.93 bits per heavy atom. The molecular weight excluding hydrogens is 378 g/mol. The summed E-state index contributed by atoms with van der Waals surface area (Å²) in [5, 5.41) is 1.91. The first-order valence-electron chi connectivity index (χ1n) is 8.47. The van der Waals surface area contributed by atoms with Crippen LogP contribution in [0.25, 0.3) is 27.9 Å². The summed E-state index contributed by atoms with van der Waals surface area (Å²) < 4.78 is 5.15. The van der Waals surface area contributed by atoms with Crippen LogP contribution in [0.3, 0.4) is 0 Å². The number of aromatic nitrogens is 3. The highest BCUT2D eigenvalue weighted by molar-refractivity contribution is 6.31. The number of rotatable bonds is 4. The fourth-order valence-electron chi connectivity index (χ4n) is 2.75. The first-order chi connectivity index (χ1) is 13.6. The van der Waals surface area contributed by atoms with Crippen LogP contribution in [0.1, 0.15) is 11.5 Å². The van der Waals surface area contributed by atoms with Crippen molar-refractivity contribution in [3.05, 3.63) is 87.6 Å². The summed E-state index contributed by atoms with van der Waals surface area (Å²) >= 11 is 5.93. The van der Waals surface area contributed by atoms with Gasteiger partial charge in [0.2, 0.25) is 0 Å². The van der Waals surface area contributed by atoms with E-state index >= 15 is 0 Å². The molecule has 138 valence electrons. The fraction of sp³-hybridized carbons (Fsp3) is 0.0476. The second-order valence-corrected chi connectivity index (χ2v) is 6.48. The van der Waals surface area contributed by atoms with Crippen molar-refractivity contribution in [2.75, 3.05) is 0 Å². The summed E-state index contributed by atoms with van der Waals surface area (Å²) in [6, 6.07) is 16.3. The number of carbonyl (C=O) groups is 1. The molecule has 0 amide bonds. The summed E-state index contributed by atoms with van der Waals surface area (Å²) in [6.45, 7) is -0.161. The second-order valence-electron chi connectivity index (χ2n) is 6.04. The average Bonchev–Trinajstić information content (AvgIpc) is 2.70. The maximum absolute atomic E-state index is 12.1. The Morgan fingerprint density at radius 3 is 2.82 bits per heavy atom. The SMILES string of the molecule is O=C(/C=C/c1ccc2ccccc2n1)OCc1nc2cc(Cl)ccc2c(=O)[nH]1. The van der Waals surface area contributed by atoms with Gasteiger partial charge >= 0.3 is 5.97 Å². The normalized spacial score (nSPS) is 11.3. The van der Waals surface area contributed by atoms with Crippen molar-refractivity contribution >= 4 is 45.5 Å². The van der Waals surface area contributed by atoms with Crippen LogP contribution in [0.2, 0.25) is 5.02 Å². The van der Waals surface area contributed by atoms with Gasteiger partial charge in [-0.15, -0.1) is 0 Å². The van der Waals surface area contributed by atoms with Gasteiger partial charge in [0.05, 0.1) is 22.1 Å². The van der Waals surface area contributed by atoms with Crippen LogP contribution in [0, 0.1) is 0 Å². The number of nitrogens with one attached hydrogen (secondary N) is 1. The molecule has 0 spiro atoms. The van der Waals surface area contributed by atoms with E-state index < -0.39 is 5.97 Å². The monoisotopic (exact) mass is 391 g/mol. The largest absolute Gasteiger partial charge is 0.454 e. The average molecular weight is 392 g/mol. The zero-order chi connectivity index (χ0) is 19.5. The van der Waals surface area contributed by atoms with E-state index in [1.807, 2.05) is 36.4 Å². The molecule has 0 fully saturated rings. The Balaban J connectivity index is 1.45. The molecule has 0 aliphatic heterocycles. The van der Waals surface area contributed by atoms with Gasteiger partial charge in [-0.1, -0.05) is 35.9 Å². The summed E-state index contributed by atoms with van der Waals surface area (Å²) in [6.07, 6.45) is 2.86. The molecule has 0 radical (unpaired) electrons. The molecule has 0 atom stereocenters. The zero-order valence-corrected chi connectivity index (χ0v) is 15.3. The Bertz CT molecular complexity index is 1280. The lowest BCUT2D eigenvalue weighted by molar-refractivity contribution is -0.139. The van der Waals surface area contributed by atoms with Crippen molar-refractivity contribution in [3.8, 4) is 0 Å². The number of esters is 1. The van der Waals surface area contributed by atoms with Crippen LogP contribution in [-0.4, -0.2) is 20.9 Å². The topological polar surface area (TPSA) is 84.9 Å². The lowest BCUT2D eigenvalue weighted by Gasteiger charge is -2.04. The summed E-state index contributed by atoms with van der Waals surface area (Å²) in [5.74, 6) is -0.325. The van der Waals surface area contributed by atoms with Crippen LogP contribution in [-0.2, 0) is 16.1 Å². The highest BCUT2D eigenvalue weighted by atomic mass is 35.5. The Morgan fingerprint density at radius 1 is 1.07 bits per heavy atom. The highest BCUT2D eigenvalue weighted by Gasteiger charge is 2.06. The highest BCUT2D eigenvalue weighted by Crippen LogP contribution is 2.15. The molecule has 7 heteroatoms. The van der Waals surface area contributed by atoms with Crippen molar-refractivity contribution in [2.45, 2.75) is 6.61 Å². The number of aromatic amines is 1. The minimum atomic E-state index is -0.566. The molecule has 4 aromatic rings. The molecule has 0 unspecified atom stereocenters. The lowest BCUT2D eigenvalue weighted by Crippen LogP contribution is -2.13. The maximum Gasteiger partial charge on any atom is 0.331 e. The van der Waals surface area contributed by atoms with Crippen LogP contribution in [0.15, 0.2) is 65.5 Å². The second kappa shape index (κ2) is 7.62. The zero-order valence-electron chi connectivity index (χ0n) is 14.6. The Hall–Kier alpha value is -3.51. The number of hydrogen-bond acceptors (Lipinski definition) is 5. The van der Waals surface area contributed by atoms with Gasteiger partial charge in [0.1, 0.15) is 12.4 Å². The molecule has 0 saturated carbocycles. The van der Waals surface area contributed by atoms with Gasteiger partial charge in [0.25, 0.3) is 5.56 Å². The number of nitrogens with zero attached hydrogens (tertiary/aromatic N) is 2. The minimum absolute atomic E-state index is 0.161. The van der Waals surface area contributed by atoms with Crippen molar-refractivity contribution in [3.63, 3.8) is 0 Å². The smallest absolute Gasteiger partial charge is 0.331 e. The minimum Gasteiger partial charge on any atom is -0.454 e. The van der Waals surface area contributed by atoms with Gasteiger partial charge in [0.15, 0.2) is 0 Å². The first-order valence-corrected chi connectivity index (χ1v) is 8.85. The molecule has 0 aliphatic rings. The van der Waals surface area contributed by atoms with Gasteiger partial charge in [-0.3, -0.25) is 4.79 Å². The van der Waals surface area contributed by atoms with E-state index in [0.29, 0.717) is 21.6 Å². The van der Waals surface area contributed by atoms with Crippen LogP contribution in [0.5, 0.6) is 0 Å². The number of halogens is 1. The third-order valence-electron chi connectivity index (χ3n) is 4.08. The molecule has 4 rings (SSSR count). The quantitative estimate of drug-likeness (QED) is 0.421. The third kappa shape index (κ3) is 3.92. The Labute approximate surface area is 164 Å². The van der Waals surface area contributed by atoms with E-state index in [2.05, 4.69) is 15.0 Å². The number of hydrogen-bond donors (Lipinski definition) is 1. The van der Waals surface area contributed by atoms with E-state index in [0.717, 1.165) is 10.9 Å². The summed E-state index contributed by atoms with van der Waals surface area (Å²) in [5.41, 5.74) is 1.61. The number of H-pyrrole nitrogens is 1. The number of benzene rings is 2. The molecule has 2 heterocycles. The van der Waals surface area contributed by atoms with Gasteiger partial charge in [-0.25, -0.2) is 14.8 Å². The van der Waals surface area contributed by atoms with Gasteiger partial charge in [0, 0.05) is 16.5 Å². The van der Waals surface area contributed by atoms with Crippen molar-refractivity contribution < 1.29 is 9.53 Å². The molecule has 28 heavy (non-hydrogen) atoms. The molecule has 0 bridgehead atoms. The van der Waals surface area contributed by atoms with Crippen molar-refractivity contribution in [2.24, 2.45) is 0 Å². The number of carbonyl (C=O) groups excluding carboxylic acids is 1. The molecule has 6 nitrogen and oxygen atoms in total. The van der Waals surface area contributed by atoms with E-state index in [1.165, 1.54) is 6.08 Å². The fourth-order valence-corrected chi connectivity index (χ4v) is 2.91. The molecule has 2 aromatic heterocycles. The molecular formula is C21H14ClN3O3. The van der Waals surface area contributed by atoms with Gasteiger partial charge in [-0.2, -0.15) is 0 Å². The third-order valence-corrected chi connectivity index (χ3v) is 4.31. The van der Waals surface area contributed by atoms with Crippen LogP contribution >= 0.6 is 11.6 Å². The lowest BCUT2D eigenvalue weighted by atomic mass is 10.2. The molecule has 0 saturated heterocycles. The standard InChI is InChI=1S/C21H14ClN3O3/c22-14-6-9-16-18(11-14)24-19(25-21(16)27)12-28-20(26)10-8-15-7-5-13-3-1-2-4-17(13)23-15/h1-11H,12H2,(H,24,25,27)/b10-8+. The Kier molecular flexibility index (Phi) is 4.87. The van der Waals surface area contributed by atoms with Crippen molar-refractivity contribution in [1.29, 1.82) is 0 Å². The van der Waals surface area contributed by atoms with E-state index in [-0.39, 0.29) is 18.0 Å².